The molecule has 1 atom stereocenters. The van der Waals surface area contributed by atoms with Gasteiger partial charge in [0.1, 0.15) is 5.69 Å². The maximum atomic E-state index is 12.2. The fourth-order valence-corrected chi connectivity index (χ4v) is 2.25. The highest BCUT2D eigenvalue weighted by Crippen LogP contribution is 2.26. The average Bonchev–Trinajstić information content (AvgIpc) is 2.83. The maximum absolute atomic E-state index is 12.2. The van der Waals surface area contributed by atoms with E-state index in [1.807, 2.05) is 0 Å². The van der Waals surface area contributed by atoms with Crippen LogP contribution in [0.1, 0.15) is 23.7 Å². The molecule has 0 bridgehead atoms. The third-order valence-electron chi connectivity index (χ3n) is 3.31. The van der Waals surface area contributed by atoms with Crippen LogP contribution < -0.4 is 11.3 Å². The van der Waals surface area contributed by atoms with Crippen molar-refractivity contribution in [3.63, 3.8) is 0 Å². The molecular formula is C12H16N4O3. The van der Waals surface area contributed by atoms with Crippen LogP contribution in [0.5, 0.6) is 0 Å². The van der Waals surface area contributed by atoms with E-state index >= 15 is 0 Å². The standard InChI is InChI=1S/C12H16N4O3/c1-8-4-5-15(7-8)12(17)9-2-3-11(16(18)19)10(6-9)14-13/h2-3,6,8,14H,4-5,7,13H2,1H3. The summed E-state index contributed by atoms with van der Waals surface area (Å²) >= 11 is 0. The van der Waals surface area contributed by atoms with Crippen LogP contribution >= 0.6 is 0 Å². The molecule has 0 aliphatic carbocycles. The molecule has 102 valence electrons. The van der Waals surface area contributed by atoms with E-state index in [-0.39, 0.29) is 17.3 Å². The summed E-state index contributed by atoms with van der Waals surface area (Å²) in [4.78, 5) is 24.2. The molecule has 0 aromatic heterocycles. The first-order valence-corrected chi connectivity index (χ1v) is 6.07. The van der Waals surface area contributed by atoms with E-state index in [0.29, 0.717) is 11.5 Å². The van der Waals surface area contributed by atoms with Gasteiger partial charge in [-0.2, -0.15) is 0 Å². The highest BCUT2D eigenvalue weighted by Gasteiger charge is 2.25. The van der Waals surface area contributed by atoms with Gasteiger partial charge in [0.05, 0.1) is 4.92 Å². The Balaban J connectivity index is 2.26. The highest BCUT2D eigenvalue weighted by molar-refractivity contribution is 5.96. The fourth-order valence-electron chi connectivity index (χ4n) is 2.25. The zero-order chi connectivity index (χ0) is 14.0. The van der Waals surface area contributed by atoms with Gasteiger partial charge in [-0.15, -0.1) is 0 Å². The molecule has 0 saturated carbocycles. The molecule has 1 aromatic carbocycles. The van der Waals surface area contributed by atoms with Crippen LogP contribution in [0.4, 0.5) is 11.4 Å². The van der Waals surface area contributed by atoms with Crippen LogP contribution in [0.3, 0.4) is 0 Å². The van der Waals surface area contributed by atoms with Crippen LogP contribution in [-0.2, 0) is 0 Å². The number of benzene rings is 1. The molecule has 1 heterocycles. The maximum Gasteiger partial charge on any atom is 0.293 e. The number of nitrogen functional groups attached to an aromatic ring is 1. The second kappa shape index (κ2) is 5.23. The van der Waals surface area contributed by atoms with Crippen molar-refractivity contribution in [2.45, 2.75) is 13.3 Å². The van der Waals surface area contributed by atoms with Gasteiger partial charge in [-0.25, -0.2) is 0 Å². The number of anilines is 1. The lowest BCUT2D eigenvalue weighted by molar-refractivity contribution is -0.384. The summed E-state index contributed by atoms with van der Waals surface area (Å²) in [6.45, 7) is 3.54. The smallest absolute Gasteiger partial charge is 0.293 e. The first kappa shape index (κ1) is 13.3. The molecule has 1 unspecified atom stereocenters. The number of nitro benzene ring substituents is 1. The topological polar surface area (TPSA) is 102 Å². The zero-order valence-electron chi connectivity index (χ0n) is 10.6. The summed E-state index contributed by atoms with van der Waals surface area (Å²) in [7, 11) is 0. The number of hydrogen-bond acceptors (Lipinski definition) is 5. The number of amides is 1. The van der Waals surface area contributed by atoms with E-state index < -0.39 is 4.92 Å². The Kier molecular flexibility index (Phi) is 3.66. The molecular weight excluding hydrogens is 248 g/mol. The molecule has 2 rings (SSSR count). The largest absolute Gasteiger partial charge is 0.338 e. The molecule has 7 heteroatoms. The van der Waals surface area contributed by atoms with Crippen molar-refractivity contribution in [2.75, 3.05) is 18.5 Å². The quantitative estimate of drug-likeness (QED) is 0.487. The zero-order valence-corrected chi connectivity index (χ0v) is 10.6. The number of nitrogens with two attached hydrogens (primary N) is 1. The highest BCUT2D eigenvalue weighted by atomic mass is 16.6. The normalized spacial score (nSPS) is 18.4. The van der Waals surface area contributed by atoms with Crippen molar-refractivity contribution in [2.24, 2.45) is 11.8 Å². The first-order valence-electron chi connectivity index (χ1n) is 6.07. The van der Waals surface area contributed by atoms with Crippen molar-refractivity contribution in [3.8, 4) is 0 Å². The minimum absolute atomic E-state index is 0.115. The van der Waals surface area contributed by atoms with Crippen molar-refractivity contribution in [3.05, 3.63) is 33.9 Å². The van der Waals surface area contributed by atoms with Gasteiger partial charge in [-0.1, -0.05) is 6.92 Å². The van der Waals surface area contributed by atoms with Gasteiger partial charge in [0.2, 0.25) is 0 Å². The number of rotatable bonds is 3. The van der Waals surface area contributed by atoms with Crippen LogP contribution in [0.15, 0.2) is 18.2 Å². The summed E-state index contributed by atoms with van der Waals surface area (Å²) in [5.74, 6) is 5.63. The monoisotopic (exact) mass is 264 g/mol. The number of hydrazine groups is 1. The van der Waals surface area contributed by atoms with Gasteiger partial charge in [-0.05, 0) is 24.5 Å². The SMILES string of the molecule is CC1CCN(C(=O)c2ccc([N+](=O)[O-])c(NN)c2)C1. The van der Waals surface area contributed by atoms with Crippen LogP contribution in [0, 0.1) is 16.0 Å². The molecule has 0 spiro atoms. The lowest BCUT2D eigenvalue weighted by Gasteiger charge is -2.16. The summed E-state index contributed by atoms with van der Waals surface area (Å²) < 4.78 is 0. The summed E-state index contributed by atoms with van der Waals surface area (Å²) in [6, 6.07) is 4.18. The average molecular weight is 264 g/mol. The number of hydrogen-bond donors (Lipinski definition) is 2. The Hall–Kier alpha value is -2.15. The third-order valence-corrected chi connectivity index (χ3v) is 3.31. The number of carbonyl (C=O) groups excluding carboxylic acids is 1. The molecule has 0 radical (unpaired) electrons. The number of likely N-dealkylation sites (tertiary alicyclic amines) is 1. The summed E-state index contributed by atoms with van der Waals surface area (Å²) in [5.41, 5.74) is 2.67. The van der Waals surface area contributed by atoms with E-state index in [1.54, 1.807) is 4.90 Å². The van der Waals surface area contributed by atoms with Crippen molar-refractivity contribution < 1.29 is 9.72 Å². The lowest BCUT2D eigenvalue weighted by Crippen LogP contribution is -2.28. The van der Waals surface area contributed by atoms with Crippen molar-refractivity contribution >= 4 is 17.3 Å². The minimum Gasteiger partial charge on any atom is -0.338 e. The van der Waals surface area contributed by atoms with Gasteiger partial charge in [0.25, 0.3) is 11.6 Å². The number of carbonyl (C=O) groups is 1. The molecule has 1 amide bonds. The fraction of sp³-hybridized carbons (Fsp3) is 0.417. The second-order valence-corrected chi connectivity index (χ2v) is 4.78. The molecule has 7 nitrogen and oxygen atoms in total. The molecule has 1 saturated heterocycles. The molecule has 1 fully saturated rings. The Bertz CT molecular complexity index is 518. The van der Waals surface area contributed by atoms with E-state index in [1.165, 1.54) is 18.2 Å². The predicted molar refractivity (Wildman–Crippen MR) is 70.6 cm³/mol. The van der Waals surface area contributed by atoms with E-state index in [9.17, 15) is 14.9 Å². The Morgan fingerprint density at radius 1 is 1.58 bits per heavy atom. The molecule has 1 aliphatic rings. The second-order valence-electron chi connectivity index (χ2n) is 4.78. The Morgan fingerprint density at radius 2 is 2.32 bits per heavy atom. The Labute approximate surface area is 110 Å². The Morgan fingerprint density at radius 3 is 2.84 bits per heavy atom. The number of nitrogens with one attached hydrogen (secondary N) is 1. The molecule has 1 aromatic rings. The van der Waals surface area contributed by atoms with E-state index in [0.717, 1.165) is 19.5 Å². The van der Waals surface area contributed by atoms with Crippen LogP contribution in [0.2, 0.25) is 0 Å². The lowest BCUT2D eigenvalue weighted by atomic mass is 10.1. The van der Waals surface area contributed by atoms with E-state index in [2.05, 4.69) is 12.3 Å². The summed E-state index contributed by atoms with van der Waals surface area (Å²) in [6.07, 6.45) is 0.987. The molecule has 19 heavy (non-hydrogen) atoms. The first-order chi connectivity index (χ1) is 9.02. The van der Waals surface area contributed by atoms with Crippen LogP contribution in [-0.4, -0.2) is 28.8 Å². The van der Waals surface area contributed by atoms with Gasteiger partial charge in [0, 0.05) is 24.7 Å². The summed E-state index contributed by atoms with van der Waals surface area (Å²) in [5, 5.41) is 10.8. The van der Waals surface area contributed by atoms with Crippen molar-refractivity contribution in [1.29, 1.82) is 0 Å². The molecule has 3 N–H and O–H groups in total. The van der Waals surface area contributed by atoms with Crippen LogP contribution in [0.25, 0.3) is 0 Å². The van der Waals surface area contributed by atoms with E-state index in [4.69, 9.17) is 5.84 Å². The minimum atomic E-state index is -0.540. The predicted octanol–water partition coefficient (Wildman–Crippen LogP) is 1.36. The van der Waals surface area contributed by atoms with Gasteiger partial charge < -0.3 is 10.3 Å². The van der Waals surface area contributed by atoms with Crippen molar-refractivity contribution in [1.82, 2.24) is 4.90 Å². The van der Waals surface area contributed by atoms with Gasteiger partial charge in [-0.3, -0.25) is 20.8 Å². The number of nitro groups is 1. The third kappa shape index (κ3) is 2.65. The van der Waals surface area contributed by atoms with Gasteiger partial charge >= 0.3 is 0 Å². The molecule has 1 aliphatic heterocycles. The number of nitrogens with zero attached hydrogens (tertiary/aromatic N) is 2. The van der Waals surface area contributed by atoms with Gasteiger partial charge in [0.15, 0.2) is 0 Å².